The van der Waals surface area contributed by atoms with E-state index in [-0.39, 0.29) is 6.10 Å². The van der Waals surface area contributed by atoms with E-state index in [9.17, 15) is 0 Å². The molecule has 0 aliphatic heterocycles. The van der Waals surface area contributed by atoms with E-state index in [0.29, 0.717) is 17.3 Å². The summed E-state index contributed by atoms with van der Waals surface area (Å²) in [6, 6.07) is 16.7. The molecule has 0 aliphatic carbocycles. The van der Waals surface area contributed by atoms with Gasteiger partial charge in [0.25, 0.3) is 0 Å². The molecule has 3 rings (SSSR count). The van der Waals surface area contributed by atoms with E-state index in [4.69, 9.17) is 10.00 Å². The molecule has 0 unspecified atom stereocenters. The Morgan fingerprint density at radius 2 is 1.81 bits per heavy atom. The van der Waals surface area contributed by atoms with Gasteiger partial charge in [-0.25, -0.2) is 0 Å². The third-order valence-electron chi connectivity index (χ3n) is 3.34. The number of rotatable bonds is 6. The van der Waals surface area contributed by atoms with E-state index in [2.05, 4.69) is 31.9 Å². The molecular weight excluding hydrogens is 328 g/mol. The van der Waals surface area contributed by atoms with Crippen LogP contribution in [0.2, 0.25) is 0 Å². The van der Waals surface area contributed by atoms with E-state index in [1.54, 1.807) is 24.3 Å². The van der Waals surface area contributed by atoms with Crippen molar-refractivity contribution in [2.24, 2.45) is 0 Å². The zero-order valence-electron chi connectivity index (χ0n) is 14.5. The molecular formula is C19H18N6O. The molecule has 0 saturated heterocycles. The maximum absolute atomic E-state index is 8.85. The van der Waals surface area contributed by atoms with Gasteiger partial charge in [0.15, 0.2) is 5.82 Å². The van der Waals surface area contributed by atoms with E-state index in [1.807, 2.05) is 38.1 Å². The number of benzene rings is 2. The largest absolute Gasteiger partial charge is 0.489 e. The van der Waals surface area contributed by atoms with Crippen molar-refractivity contribution < 1.29 is 4.74 Å². The summed E-state index contributed by atoms with van der Waals surface area (Å²) in [5, 5.41) is 23.1. The van der Waals surface area contributed by atoms with Gasteiger partial charge in [-0.3, -0.25) is 0 Å². The first-order valence-electron chi connectivity index (χ1n) is 8.13. The molecule has 26 heavy (non-hydrogen) atoms. The Bertz CT molecular complexity index is 918. The summed E-state index contributed by atoms with van der Waals surface area (Å²) in [5.41, 5.74) is 2.16. The number of nitriles is 1. The number of ether oxygens (including phenoxy) is 1. The van der Waals surface area contributed by atoms with E-state index in [1.165, 1.54) is 6.20 Å². The van der Waals surface area contributed by atoms with Gasteiger partial charge in [0, 0.05) is 5.69 Å². The number of hydrogen-bond acceptors (Lipinski definition) is 7. The fraction of sp³-hybridized carbons (Fsp3) is 0.158. The second-order valence-electron chi connectivity index (χ2n) is 5.77. The minimum Gasteiger partial charge on any atom is -0.489 e. The van der Waals surface area contributed by atoms with Gasteiger partial charge in [-0.1, -0.05) is 12.1 Å². The van der Waals surface area contributed by atoms with Crippen molar-refractivity contribution in [2.45, 2.75) is 20.0 Å². The average Bonchev–Trinajstić information content (AvgIpc) is 2.64. The Kier molecular flexibility index (Phi) is 5.25. The second kappa shape index (κ2) is 7.94. The van der Waals surface area contributed by atoms with Crippen LogP contribution >= 0.6 is 0 Å². The minimum absolute atomic E-state index is 0.0568. The van der Waals surface area contributed by atoms with Gasteiger partial charge in [-0.15, -0.1) is 5.10 Å². The van der Waals surface area contributed by atoms with Crippen molar-refractivity contribution in [2.75, 3.05) is 10.6 Å². The number of para-hydroxylation sites is 2. The van der Waals surface area contributed by atoms with Crippen LogP contribution in [0.1, 0.15) is 19.4 Å². The molecule has 130 valence electrons. The third kappa shape index (κ3) is 4.45. The molecule has 0 fully saturated rings. The molecule has 1 heterocycles. The molecule has 0 bridgehead atoms. The van der Waals surface area contributed by atoms with Crippen molar-refractivity contribution in [3.8, 4) is 11.8 Å². The Morgan fingerprint density at radius 1 is 1.04 bits per heavy atom. The molecule has 0 amide bonds. The highest BCUT2D eigenvalue weighted by Crippen LogP contribution is 2.27. The summed E-state index contributed by atoms with van der Waals surface area (Å²) in [5.74, 6) is 1.61. The summed E-state index contributed by atoms with van der Waals surface area (Å²) in [7, 11) is 0. The molecule has 2 aromatic carbocycles. The molecule has 7 heteroatoms. The van der Waals surface area contributed by atoms with Gasteiger partial charge in [0.1, 0.15) is 5.75 Å². The van der Waals surface area contributed by atoms with Crippen molar-refractivity contribution in [1.29, 1.82) is 5.26 Å². The normalized spacial score (nSPS) is 10.2. The van der Waals surface area contributed by atoms with E-state index in [0.717, 1.165) is 17.1 Å². The number of nitrogens with one attached hydrogen (secondary N) is 2. The van der Waals surface area contributed by atoms with Gasteiger partial charge >= 0.3 is 0 Å². The first-order chi connectivity index (χ1) is 12.6. The van der Waals surface area contributed by atoms with Gasteiger partial charge < -0.3 is 15.4 Å². The highest BCUT2D eigenvalue weighted by Gasteiger charge is 2.08. The molecule has 0 atom stereocenters. The van der Waals surface area contributed by atoms with E-state index >= 15 is 0 Å². The quantitative estimate of drug-likeness (QED) is 0.696. The zero-order valence-corrected chi connectivity index (χ0v) is 14.5. The van der Waals surface area contributed by atoms with Gasteiger partial charge in [-0.05, 0) is 50.2 Å². The third-order valence-corrected chi connectivity index (χ3v) is 3.34. The van der Waals surface area contributed by atoms with Crippen LogP contribution < -0.4 is 15.4 Å². The molecule has 0 aliphatic rings. The van der Waals surface area contributed by atoms with E-state index < -0.39 is 0 Å². The highest BCUT2D eigenvalue weighted by atomic mass is 16.5. The van der Waals surface area contributed by atoms with Crippen LogP contribution in [-0.2, 0) is 0 Å². The molecule has 7 nitrogen and oxygen atoms in total. The highest BCUT2D eigenvalue weighted by molar-refractivity contribution is 5.63. The zero-order chi connectivity index (χ0) is 18.4. The Balaban J connectivity index is 1.76. The molecule has 0 spiro atoms. The van der Waals surface area contributed by atoms with Crippen LogP contribution in [0.4, 0.5) is 23.1 Å². The van der Waals surface area contributed by atoms with Crippen LogP contribution in [0.3, 0.4) is 0 Å². The SMILES string of the molecule is CC(C)Oc1ccccc1Nc1nncc(Nc2ccc(C#N)cc2)n1. The predicted molar refractivity (Wildman–Crippen MR) is 99.8 cm³/mol. The van der Waals surface area contributed by atoms with Crippen molar-refractivity contribution in [3.05, 3.63) is 60.3 Å². The van der Waals surface area contributed by atoms with Gasteiger partial charge in [0.05, 0.1) is 29.6 Å². The van der Waals surface area contributed by atoms with Gasteiger partial charge in [0.2, 0.25) is 5.95 Å². The summed E-state index contributed by atoms with van der Waals surface area (Å²) in [4.78, 5) is 4.41. The van der Waals surface area contributed by atoms with Crippen molar-refractivity contribution in [3.63, 3.8) is 0 Å². The first-order valence-corrected chi connectivity index (χ1v) is 8.13. The summed E-state index contributed by atoms with van der Waals surface area (Å²) >= 11 is 0. The lowest BCUT2D eigenvalue weighted by Gasteiger charge is -2.14. The standard InChI is InChI=1S/C19H18N6O/c1-13(2)26-17-6-4-3-5-16(17)23-19-24-18(12-21-25-19)22-15-9-7-14(11-20)8-10-15/h3-10,12-13H,1-2H3,(H2,22,23,24,25). The Hall–Kier alpha value is -3.66. The van der Waals surface area contributed by atoms with Crippen LogP contribution in [-0.4, -0.2) is 21.3 Å². The second-order valence-corrected chi connectivity index (χ2v) is 5.77. The lowest BCUT2D eigenvalue weighted by Crippen LogP contribution is -2.08. The fourth-order valence-corrected chi connectivity index (χ4v) is 2.24. The Morgan fingerprint density at radius 3 is 2.54 bits per heavy atom. The number of anilines is 4. The van der Waals surface area contributed by atoms with Gasteiger partial charge in [-0.2, -0.15) is 15.3 Å². The summed E-state index contributed by atoms with van der Waals surface area (Å²) in [6.07, 6.45) is 1.58. The molecule has 3 aromatic rings. The lowest BCUT2D eigenvalue weighted by atomic mass is 10.2. The van der Waals surface area contributed by atoms with Crippen LogP contribution in [0.25, 0.3) is 0 Å². The number of hydrogen-bond donors (Lipinski definition) is 2. The van der Waals surface area contributed by atoms with Crippen LogP contribution in [0, 0.1) is 11.3 Å². The monoisotopic (exact) mass is 346 g/mol. The minimum atomic E-state index is 0.0568. The average molecular weight is 346 g/mol. The first kappa shape index (κ1) is 17.2. The molecule has 0 radical (unpaired) electrons. The number of aromatic nitrogens is 3. The van der Waals surface area contributed by atoms with Crippen molar-refractivity contribution >= 4 is 23.1 Å². The smallest absolute Gasteiger partial charge is 0.249 e. The summed E-state index contributed by atoms with van der Waals surface area (Å²) < 4.78 is 5.78. The Labute approximate surface area is 151 Å². The molecule has 1 aromatic heterocycles. The maximum atomic E-state index is 8.85. The predicted octanol–water partition coefficient (Wildman–Crippen LogP) is 4.02. The topological polar surface area (TPSA) is 95.8 Å². The fourth-order valence-electron chi connectivity index (χ4n) is 2.24. The summed E-state index contributed by atoms with van der Waals surface area (Å²) in [6.45, 7) is 3.94. The lowest BCUT2D eigenvalue weighted by molar-refractivity contribution is 0.244. The maximum Gasteiger partial charge on any atom is 0.249 e. The molecule has 0 saturated carbocycles. The van der Waals surface area contributed by atoms with Crippen LogP contribution in [0.15, 0.2) is 54.7 Å². The van der Waals surface area contributed by atoms with Crippen molar-refractivity contribution in [1.82, 2.24) is 15.2 Å². The number of nitrogens with zero attached hydrogens (tertiary/aromatic N) is 4. The van der Waals surface area contributed by atoms with Crippen LogP contribution in [0.5, 0.6) is 5.75 Å². The molecule has 2 N–H and O–H groups in total.